The molecule has 34 aromatic rings. The molecule has 0 saturated heterocycles. The average molecular weight is 1440 g/mol. The van der Waals surface area contributed by atoms with Gasteiger partial charge in [-0.05, 0) is 452 Å². The maximum absolute atomic E-state index is 2.95. The van der Waals surface area contributed by atoms with Crippen molar-refractivity contribution in [3.63, 3.8) is 0 Å². The first-order chi connectivity index (χ1) is 57.0. The van der Waals surface area contributed by atoms with E-state index in [1.165, 1.54) is 133 Å². The van der Waals surface area contributed by atoms with Gasteiger partial charge < -0.3 is 0 Å². The highest BCUT2D eigenvalue weighted by molar-refractivity contribution is 6.82. The molecule has 0 aromatic heterocycles. The Morgan fingerprint density at radius 1 is 0.165 bits per heavy atom. The lowest BCUT2D eigenvalue weighted by atomic mass is 9.68. The van der Waals surface area contributed by atoms with E-state index in [1.54, 1.807) is 346 Å². The Bertz CT molecular complexity index is 9580. The largest absolute Gasteiger partial charge is 0.0654 e. The summed E-state index contributed by atoms with van der Waals surface area (Å²) >= 11 is 0. The summed E-state index contributed by atoms with van der Waals surface area (Å²) in [5.41, 5.74) is 29.4. The number of benzene rings is 24. The maximum Gasteiger partial charge on any atom is 0.0528 e. The number of fused-ring (bicyclic) bond motifs is 11. The molecule has 516 valence electrons. The van der Waals surface area contributed by atoms with Crippen LogP contribution >= 0.6 is 0 Å². The Balaban J connectivity index is 0.737. The highest BCUT2D eigenvalue weighted by Crippen LogP contribution is 2.99. The van der Waals surface area contributed by atoms with Gasteiger partial charge in [-0.15, -0.1) is 0 Å². The van der Waals surface area contributed by atoms with Crippen LogP contribution in [0, 0.1) is 0 Å². The second kappa shape index (κ2) is 14.0. The van der Waals surface area contributed by atoms with E-state index in [0.29, 0.717) is 0 Å². The van der Waals surface area contributed by atoms with Crippen molar-refractivity contribution in [3.05, 3.63) is 177 Å². The Hall–Kier alpha value is -12.2. The number of unbranched alkanes of at least 4 members (excludes halogenated alkanes) is 4. The molecular formula is C115H56. The van der Waals surface area contributed by atoms with Crippen LogP contribution in [0.25, 0.3) is 346 Å². The Kier molecular flexibility index (Phi) is 6.36. The SMILES string of the molecule is CCCCC1(CCCC)c2ccccc2-c2ccc(-c3ccc4c(c3)C3(c5cc(-c6ccc7c(c6)C(CCCC)(CCCC)c6ccccc6-7)ccc5-4)C45c6c7c8c9c%10c%11c(c%12c%13c4c4c6c6c%14c7c7c8c8c%10c%10c%15c%11c%11c%12c%12c%13c%13c4c4c6c6c%14c%14c7c7c8c%10c8c%10c%15c%11c%11c%12c%12c%13c4c4c6c6c%14c7c8c7c%10c%11c%12c4c67)C935)cc21. The zero-order valence-corrected chi connectivity index (χ0v) is 63.5. The van der Waals surface area contributed by atoms with Crippen LogP contribution in [0.15, 0.2) is 121 Å². The van der Waals surface area contributed by atoms with Crippen molar-refractivity contribution in [2.45, 2.75) is 132 Å². The van der Waals surface area contributed by atoms with E-state index >= 15 is 0 Å². The summed E-state index contributed by atoms with van der Waals surface area (Å²) in [6.45, 7) is 9.68. The van der Waals surface area contributed by atoms with Gasteiger partial charge in [-0.3, -0.25) is 0 Å². The van der Waals surface area contributed by atoms with Gasteiger partial charge in [0.15, 0.2) is 0 Å². The highest BCUT2D eigenvalue weighted by Gasteiger charge is 2.96. The van der Waals surface area contributed by atoms with Gasteiger partial charge in [-0.1, -0.05) is 176 Å². The molecule has 0 heterocycles. The molecule has 0 N–H and O–H groups in total. The fraction of sp³-hybridized carbons (Fsp3) is 0.183. The van der Waals surface area contributed by atoms with Gasteiger partial charge in [0.25, 0.3) is 0 Å². The normalized spacial score (nSPS) is 18.5. The van der Waals surface area contributed by atoms with Crippen LogP contribution in [-0.2, 0) is 27.1 Å². The lowest BCUT2D eigenvalue weighted by Gasteiger charge is -2.33. The van der Waals surface area contributed by atoms with E-state index in [-0.39, 0.29) is 10.8 Å². The van der Waals surface area contributed by atoms with Crippen LogP contribution in [0.3, 0.4) is 0 Å². The van der Waals surface area contributed by atoms with Crippen molar-refractivity contribution in [2.24, 2.45) is 0 Å². The van der Waals surface area contributed by atoms with Crippen LogP contribution in [0.1, 0.15) is 160 Å². The van der Waals surface area contributed by atoms with Gasteiger partial charge in [0.05, 0.1) is 16.2 Å². The topological polar surface area (TPSA) is 0 Å². The second-order valence-electron chi connectivity index (χ2n) is 40.7. The van der Waals surface area contributed by atoms with Crippen LogP contribution in [0.2, 0.25) is 0 Å². The molecule has 0 nitrogen and oxygen atoms in total. The van der Waals surface area contributed by atoms with E-state index in [0.717, 1.165) is 0 Å². The Labute approximate surface area is 650 Å². The fourth-order valence-corrected chi connectivity index (χ4v) is 36.6. The second-order valence-corrected chi connectivity index (χ2v) is 40.7. The molecule has 0 bridgehead atoms. The molecule has 0 aliphatic heterocycles. The summed E-state index contributed by atoms with van der Waals surface area (Å²) in [5.74, 6) is 0. The van der Waals surface area contributed by atoms with E-state index in [1.807, 2.05) is 0 Å². The highest BCUT2D eigenvalue weighted by atomic mass is 14.9. The zero-order chi connectivity index (χ0) is 71.9. The monoisotopic (exact) mass is 1440 g/mol. The predicted molar refractivity (Wildman–Crippen MR) is 488 cm³/mol. The summed E-state index contributed by atoms with van der Waals surface area (Å²) in [7, 11) is 0. The molecular weight excluding hydrogens is 1380 g/mol. The van der Waals surface area contributed by atoms with Gasteiger partial charge in [0.2, 0.25) is 0 Å². The van der Waals surface area contributed by atoms with Gasteiger partial charge >= 0.3 is 0 Å². The van der Waals surface area contributed by atoms with Crippen molar-refractivity contribution in [1.29, 1.82) is 0 Å². The van der Waals surface area contributed by atoms with Crippen LogP contribution in [-0.4, -0.2) is 0 Å². The molecule has 0 amide bonds. The molecule has 34 aromatic carbocycles. The summed E-state index contributed by atoms with van der Waals surface area (Å²) in [5, 5.41) is 90.1. The van der Waals surface area contributed by atoms with Crippen molar-refractivity contribution >= 4 is 291 Å². The molecule has 42 rings (SSSR count). The van der Waals surface area contributed by atoms with Gasteiger partial charge in [0.1, 0.15) is 0 Å². The van der Waals surface area contributed by atoms with E-state index in [9.17, 15) is 0 Å². The van der Waals surface area contributed by atoms with Crippen LogP contribution < -0.4 is 0 Å². The fourth-order valence-electron chi connectivity index (χ4n) is 36.6. The third-order valence-electron chi connectivity index (χ3n) is 38.5. The number of hydrogen-bond acceptors (Lipinski definition) is 0. The third kappa shape index (κ3) is 3.65. The van der Waals surface area contributed by atoms with E-state index in [4.69, 9.17) is 0 Å². The van der Waals surface area contributed by atoms with Crippen molar-refractivity contribution in [1.82, 2.24) is 0 Å². The van der Waals surface area contributed by atoms with Crippen LogP contribution in [0.5, 0.6) is 0 Å². The lowest BCUT2D eigenvalue weighted by Crippen LogP contribution is -2.27. The minimum Gasteiger partial charge on any atom is -0.0654 e. The first kappa shape index (κ1) is 52.2. The maximum atomic E-state index is 2.95. The summed E-state index contributed by atoms with van der Waals surface area (Å²) in [6, 6.07) is 51.9. The molecule has 1 saturated carbocycles. The van der Waals surface area contributed by atoms with Crippen molar-refractivity contribution in [3.8, 4) is 55.6 Å². The van der Waals surface area contributed by atoms with Crippen LogP contribution in [0.4, 0.5) is 0 Å². The number of rotatable bonds is 14. The van der Waals surface area contributed by atoms with Gasteiger partial charge in [-0.25, -0.2) is 0 Å². The summed E-state index contributed by atoms with van der Waals surface area (Å²) in [4.78, 5) is 0. The summed E-state index contributed by atoms with van der Waals surface area (Å²) in [6.07, 6.45) is 14.5. The molecule has 8 aliphatic carbocycles. The van der Waals surface area contributed by atoms with E-state index < -0.39 is 16.2 Å². The smallest absolute Gasteiger partial charge is 0.0528 e. The Morgan fingerprint density at radius 3 is 0.548 bits per heavy atom. The van der Waals surface area contributed by atoms with Gasteiger partial charge in [-0.2, -0.15) is 0 Å². The minimum absolute atomic E-state index is 0.0257. The molecule has 1 fully saturated rings. The molecule has 0 radical (unpaired) electrons. The first-order valence-corrected chi connectivity index (χ1v) is 44.6. The number of hydrogen-bond donors (Lipinski definition) is 0. The average Bonchev–Trinajstić information content (AvgIpc) is 1.35. The molecule has 0 unspecified atom stereocenters. The molecule has 0 atom stereocenters. The first-order valence-electron chi connectivity index (χ1n) is 44.6. The quantitative estimate of drug-likeness (QED) is 0.0952. The minimum atomic E-state index is -0.557. The van der Waals surface area contributed by atoms with Crippen molar-refractivity contribution in [2.75, 3.05) is 0 Å². The molecule has 8 aliphatic rings. The summed E-state index contributed by atoms with van der Waals surface area (Å²) < 4.78 is 0. The predicted octanol–water partition coefficient (Wildman–Crippen LogP) is 31.9. The molecule has 3 spiro atoms. The zero-order valence-electron chi connectivity index (χ0n) is 63.5. The standard InChI is InChI=1S/C115H56/c1-5-9-29-111(30-10-6-2)47-19-15-13-17-41(47)43-25-21-37(33-49(43)111)39-23-27-45-46-28-24-40(38-22-26-44-42-18-14-16-20-48(42)112(31-11-7-3,32-12-8-4)50(44)34-38)36-52(46)113(51(45)35-39)114-107-99-91-81-71-63-55-53-54-57-61-59(55)67-75-69(61)79-73-65(57)66-58(54)62-60-56(53)64(63)72-78-68(60)76-70(62)80-74(66)84-83(73)93-87(79)97-89(75)95(85(91)77(67)71)103(107)105(97)109-101(93)102-94(84)88(80)98-90(76)96-86(78)92(82(72)81)100(99)108(114)104(96)106(98)110(102)115(109,113)114/h13-28,33-36H,5-12,29-32H2,1-4H3. The third-order valence-corrected chi connectivity index (χ3v) is 38.5. The van der Waals surface area contributed by atoms with Crippen molar-refractivity contribution < 1.29 is 0 Å². The lowest BCUT2D eigenvalue weighted by molar-refractivity contribution is 0.414. The Morgan fingerprint density at radius 2 is 0.339 bits per heavy atom. The van der Waals surface area contributed by atoms with Gasteiger partial charge in [0, 0.05) is 10.8 Å². The molecule has 0 heteroatoms. The molecule has 115 heavy (non-hydrogen) atoms. The van der Waals surface area contributed by atoms with E-state index in [2.05, 4.69) is 149 Å².